The maximum atomic E-state index is 13.3. The van der Waals surface area contributed by atoms with Gasteiger partial charge in [-0.2, -0.15) is 0 Å². The van der Waals surface area contributed by atoms with Gasteiger partial charge in [-0.05, 0) is 17.7 Å². The Balaban J connectivity index is 2.25. The number of rotatable bonds is 1. The molecule has 76 valence electrons. The fourth-order valence-corrected chi connectivity index (χ4v) is 1.81. The van der Waals surface area contributed by atoms with Gasteiger partial charge in [0.25, 0.3) is 0 Å². The van der Waals surface area contributed by atoms with Gasteiger partial charge in [0.2, 0.25) is 0 Å². The Kier molecular flexibility index (Phi) is 2.83. The Labute approximate surface area is 89.4 Å². The topological polar surface area (TPSA) is 44.3 Å². The number of alkyl halides is 1. The number of halogens is 2. The van der Waals surface area contributed by atoms with Gasteiger partial charge < -0.3 is 5.11 Å². The first-order valence-corrected chi connectivity index (χ1v) is 5.06. The second kappa shape index (κ2) is 3.94. The summed E-state index contributed by atoms with van der Waals surface area (Å²) in [5.41, 5.74) is 5.57. The highest BCUT2D eigenvalue weighted by atomic mass is 79.9. The molecule has 5 heteroatoms. The summed E-state index contributed by atoms with van der Waals surface area (Å²) < 4.78 is 14.2. The molecule has 3 N–H and O–H groups in total. The molecule has 1 aromatic rings. The zero-order valence-corrected chi connectivity index (χ0v) is 8.83. The van der Waals surface area contributed by atoms with E-state index in [1.54, 1.807) is 12.1 Å². The molecule has 0 saturated carbocycles. The molecule has 1 fully saturated rings. The molecule has 0 amide bonds. The highest BCUT2D eigenvalue weighted by Crippen LogP contribution is 2.27. The minimum atomic E-state index is -1.26. The van der Waals surface area contributed by atoms with Crippen LogP contribution in [0.25, 0.3) is 0 Å². The highest BCUT2D eigenvalue weighted by Gasteiger charge is 2.35. The summed E-state index contributed by atoms with van der Waals surface area (Å²) in [7, 11) is 0. The van der Waals surface area contributed by atoms with Crippen LogP contribution in [0.1, 0.15) is 11.5 Å². The van der Waals surface area contributed by atoms with Gasteiger partial charge in [0.05, 0.1) is 5.92 Å². The van der Waals surface area contributed by atoms with E-state index in [-0.39, 0.29) is 0 Å². The van der Waals surface area contributed by atoms with E-state index in [1.807, 2.05) is 12.1 Å². The van der Waals surface area contributed by atoms with E-state index in [0.717, 1.165) is 10.0 Å². The quantitative estimate of drug-likeness (QED) is 0.667. The molecule has 0 radical (unpaired) electrons. The Bertz CT molecular complexity index is 309. The van der Waals surface area contributed by atoms with Crippen molar-refractivity contribution < 1.29 is 9.50 Å². The van der Waals surface area contributed by atoms with Crippen LogP contribution in [-0.4, -0.2) is 17.6 Å². The smallest absolute Gasteiger partial charge is 0.174 e. The first kappa shape index (κ1) is 10.0. The van der Waals surface area contributed by atoms with Crippen LogP contribution in [0.3, 0.4) is 0 Å². The van der Waals surface area contributed by atoms with Crippen molar-refractivity contribution >= 4 is 15.9 Å². The van der Waals surface area contributed by atoms with Gasteiger partial charge in [-0.3, -0.25) is 0 Å². The fraction of sp³-hybridized carbons (Fsp3) is 0.333. The van der Waals surface area contributed by atoms with Gasteiger partial charge in [0, 0.05) is 4.47 Å². The molecule has 2 rings (SSSR count). The number of nitrogens with one attached hydrogen (secondary N) is 2. The van der Waals surface area contributed by atoms with E-state index in [0.29, 0.717) is 0 Å². The fourth-order valence-electron chi connectivity index (χ4n) is 1.54. The Morgan fingerprint density at radius 3 is 2.36 bits per heavy atom. The van der Waals surface area contributed by atoms with Gasteiger partial charge in [0.1, 0.15) is 6.23 Å². The van der Waals surface area contributed by atoms with Crippen LogP contribution < -0.4 is 10.9 Å². The standard InChI is InChI=1S/C9H10BrFN2O/c10-6-3-1-5(2-4-6)7-8(11)12-13-9(7)14/h1-4,7-9,12-14H. The van der Waals surface area contributed by atoms with Crippen LogP contribution in [-0.2, 0) is 0 Å². The molecule has 3 nitrogen and oxygen atoms in total. The summed E-state index contributed by atoms with van der Waals surface area (Å²) in [5, 5.41) is 9.46. The largest absolute Gasteiger partial charge is 0.377 e. The molecule has 0 spiro atoms. The molecule has 1 aliphatic rings. The van der Waals surface area contributed by atoms with Crippen molar-refractivity contribution in [2.75, 3.05) is 0 Å². The predicted molar refractivity (Wildman–Crippen MR) is 54.1 cm³/mol. The Morgan fingerprint density at radius 1 is 1.21 bits per heavy atom. The van der Waals surface area contributed by atoms with Crippen LogP contribution in [0.15, 0.2) is 28.7 Å². The first-order valence-electron chi connectivity index (χ1n) is 4.27. The van der Waals surface area contributed by atoms with Crippen molar-refractivity contribution in [3.8, 4) is 0 Å². The van der Waals surface area contributed by atoms with Crippen molar-refractivity contribution in [3.05, 3.63) is 34.3 Å². The van der Waals surface area contributed by atoms with E-state index in [1.165, 1.54) is 0 Å². The lowest BCUT2D eigenvalue weighted by molar-refractivity contribution is 0.128. The molecule has 3 atom stereocenters. The first-order chi connectivity index (χ1) is 6.68. The maximum absolute atomic E-state index is 13.3. The summed E-state index contributed by atoms with van der Waals surface area (Å²) in [6.45, 7) is 0. The summed E-state index contributed by atoms with van der Waals surface area (Å²) in [6.07, 6.45) is -2.14. The van der Waals surface area contributed by atoms with E-state index in [4.69, 9.17) is 0 Å². The molecule has 1 saturated heterocycles. The number of benzene rings is 1. The Hall–Kier alpha value is -0.490. The molecule has 1 aliphatic heterocycles. The third-order valence-electron chi connectivity index (χ3n) is 2.28. The van der Waals surface area contributed by atoms with E-state index in [9.17, 15) is 9.50 Å². The van der Waals surface area contributed by atoms with Crippen LogP contribution in [0.2, 0.25) is 0 Å². The number of aliphatic hydroxyl groups excluding tert-OH is 1. The molecule has 14 heavy (non-hydrogen) atoms. The van der Waals surface area contributed by atoms with Gasteiger partial charge in [-0.15, -0.1) is 0 Å². The molecule has 0 aliphatic carbocycles. The van der Waals surface area contributed by atoms with Crippen molar-refractivity contribution in [3.63, 3.8) is 0 Å². The Morgan fingerprint density at radius 2 is 1.86 bits per heavy atom. The summed E-state index contributed by atoms with van der Waals surface area (Å²) in [6, 6.07) is 7.23. The summed E-state index contributed by atoms with van der Waals surface area (Å²) in [4.78, 5) is 0. The number of hydrazine groups is 1. The van der Waals surface area contributed by atoms with Crippen molar-refractivity contribution in [2.24, 2.45) is 0 Å². The third-order valence-corrected chi connectivity index (χ3v) is 2.81. The van der Waals surface area contributed by atoms with Crippen molar-refractivity contribution in [2.45, 2.75) is 18.4 Å². The molecule has 1 heterocycles. The zero-order chi connectivity index (χ0) is 10.1. The second-order valence-electron chi connectivity index (χ2n) is 3.21. The SMILES string of the molecule is OC1NNC(F)C1c1ccc(Br)cc1. The van der Waals surface area contributed by atoms with E-state index in [2.05, 4.69) is 26.8 Å². The summed E-state index contributed by atoms with van der Waals surface area (Å²) >= 11 is 3.30. The lowest BCUT2D eigenvalue weighted by atomic mass is 9.98. The normalized spacial score (nSPS) is 32.1. The van der Waals surface area contributed by atoms with Gasteiger partial charge in [-0.1, -0.05) is 28.1 Å². The third kappa shape index (κ3) is 1.81. The van der Waals surface area contributed by atoms with E-state index >= 15 is 0 Å². The average molecular weight is 261 g/mol. The minimum Gasteiger partial charge on any atom is -0.377 e. The molecular formula is C9H10BrFN2O. The zero-order valence-electron chi connectivity index (χ0n) is 7.24. The summed E-state index contributed by atoms with van der Waals surface area (Å²) in [5.74, 6) is -0.553. The number of aliphatic hydroxyl groups is 1. The number of hydrogen-bond donors (Lipinski definition) is 3. The van der Waals surface area contributed by atoms with Crippen LogP contribution >= 0.6 is 15.9 Å². The van der Waals surface area contributed by atoms with Crippen LogP contribution in [0.5, 0.6) is 0 Å². The minimum absolute atomic E-state index is 0.553. The van der Waals surface area contributed by atoms with Gasteiger partial charge in [0.15, 0.2) is 6.30 Å². The molecular weight excluding hydrogens is 251 g/mol. The molecule has 0 aromatic heterocycles. The highest BCUT2D eigenvalue weighted by molar-refractivity contribution is 9.10. The van der Waals surface area contributed by atoms with Crippen molar-refractivity contribution in [1.29, 1.82) is 0 Å². The lowest BCUT2D eigenvalue weighted by Gasteiger charge is -2.14. The number of hydrogen-bond acceptors (Lipinski definition) is 3. The van der Waals surface area contributed by atoms with Crippen LogP contribution in [0, 0.1) is 0 Å². The predicted octanol–water partition coefficient (Wildman–Crippen LogP) is 1.25. The maximum Gasteiger partial charge on any atom is 0.174 e. The van der Waals surface area contributed by atoms with Gasteiger partial charge >= 0.3 is 0 Å². The molecule has 1 aromatic carbocycles. The average Bonchev–Trinajstić information content (AvgIpc) is 2.49. The van der Waals surface area contributed by atoms with Gasteiger partial charge in [-0.25, -0.2) is 15.2 Å². The van der Waals surface area contributed by atoms with Crippen LogP contribution in [0.4, 0.5) is 4.39 Å². The van der Waals surface area contributed by atoms with E-state index < -0.39 is 18.4 Å². The molecule has 3 unspecified atom stereocenters. The lowest BCUT2D eigenvalue weighted by Crippen LogP contribution is -2.31. The second-order valence-corrected chi connectivity index (χ2v) is 4.13. The van der Waals surface area contributed by atoms with Crippen molar-refractivity contribution in [1.82, 2.24) is 10.9 Å². The molecule has 0 bridgehead atoms. The monoisotopic (exact) mass is 260 g/mol.